The first kappa shape index (κ1) is 11.9. The summed E-state index contributed by atoms with van der Waals surface area (Å²) in [5.74, 6) is 1.05. The smallest absolute Gasteiger partial charge is 0.0273 e. The molecule has 2 unspecified atom stereocenters. The molecule has 2 fully saturated rings. The molecule has 15 heavy (non-hydrogen) atoms. The highest BCUT2D eigenvalue weighted by atomic mass is 79.9. The van der Waals surface area contributed by atoms with Crippen LogP contribution < -0.4 is 0 Å². The molecule has 0 aromatic rings. The summed E-state index contributed by atoms with van der Waals surface area (Å²) in [6.45, 7) is 5.01. The highest BCUT2D eigenvalue weighted by Crippen LogP contribution is 2.29. The lowest BCUT2D eigenvalue weighted by molar-refractivity contribution is 0.156. The van der Waals surface area contributed by atoms with Gasteiger partial charge in [-0.3, -0.25) is 4.90 Å². The summed E-state index contributed by atoms with van der Waals surface area (Å²) in [4.78, 5) is 3.44. The second-order valence-electron chi connectivity index (χ2n) is 5.46. The molecule has 2 aliphatic rings. The van der Waals surface area contributed by atoms with E-state index in [1.54, 1.807) is 0 Å². The molecule has 1 heterocycles. The highest BCUT2D eigenvalue weighted by molar-refractivity contribution is 9.09. The van der Waals surface area contributed by atoms with Crippen LogP contribution >= 0.6 is 15.9 Å². The van der Waals surface area contributed by atoms with E-state index in [9.17, 15) is 0 Å². The average Bonchev–Trinajstić information content (AvgIpc) is 2.72. The molecule has 0 N–H and O–H groups in total. The summed E-state index contributed by atoms with van der Waals surface area (Å²) < 4.78 is 0. The van der Waals surface area contributed by atoms with Crippen molar-refractivity contribution in [1.29, 1.82) is 0 Å². The Bertz CT molecular complexity index is 189. The second kappa shape index (κ2) is 5.67. The van der Waals surface area contributed by atoms with Gasteiger partial charge in [0.25, 0.3) is 0 Å². The van der Waals surface area contributed by atoms with Gasteiger partial charge in [0.2, 0.25) is 0 Å². The van der Waals surface area contributed by atoms with Gasteiger partial charge in [-0.2, -0.15) is 0 Å². The van der Waals surface area contributed by atoms with Crippen LogP contribution in [-0.2, 0) is 0 Å². The fraction of sp³-hybridized carbons (Fsp3) is 1.00. The summed E-state index contributed by atoms with van der Waals surface area (Å²) in [5, 5.41) is 0. The molecule has 1 nitrogen and oxygen atoms in total. The zero-order valence-corrected chi connectivity index (χ0v) is 11.5. The SMILES string of the molecule is CC1CCC(Br)CN1CCC1CCCC1. The second-order valence-corrected chi connectivity index (χ2v) is 6.75. The molecule has 88 valence electrons. The lowest BCUT2D eigenvalue weighted by atomic mass is 10.00. The summed E-state index contributed by atoms with van der Waals surface area (Å²) in [6.07, 6.45) is 10.2. The molecule has 1 saturated carbocycles. The molecular formula is C13H24BrN. The molecular weight excluding hydrogens is 250 g/mol. The van der Waals surface area contributed by atoms with Gasteiger partial charge in [0, 0.05) is 17.4 Å². The fourth-order valence-electron chi connectivity index (χ4n) is 3.09. The maximum Gasteiger partial charge on any atom is 0.0273 e. The van der Waals surface area contributed by atoms with Gasteiger partial charge in [0.15, 0.2) is 0 Å². The Kier molecular flexibility index (Phi) is 4.51. The number of likely N-dealkylation sites (tertiary alicyclic amines) is 1. The monoisotopic (exact) mass is 273 g/mol. The normalized spacial score (nSPS) is 34.8. The van der Waals surface area contributed by atoms with E-state index < -0.39 is 0 Å². The third kappa shape index (κ3) is 3.45. The van der Waals surface area contributed by atoms with Crippen LogP contribution in [-0.4, -0.2) is 28.9 Å². The van der Waals surface area contributed by atoms with E-state index in [0.717, 1.165) is 16.8 Å². The third-order valence-corrected chi connectivity index (χ3v) is 5.00. The average molecular weight is 274 g/mol. The van der Waals surface area contributed by atoms with Crippen molar-refractivity contribution in [2.75, 3.05) is 13.1 Å². The van der Waals surface area contributed by atoms with Crippen molar-refractivity contribution in [3.8, 4) is 0 Å². The van der Waals surface area contributed by atoms with Crippen LogP contribution in [0.1, 0.15) is 51.9 Å². The number of rotatable bonds is 3. The van der Waals surface area contributed by atoms with Gasteiger partial charge in [-0.1, -0.05) is 41.6 Å². The van der Waals surface area contributed by atoms with E-state index in [2.05, 4.69) is 27.8 Å². The van der Waals surface area contributed by atoms with E-state index in [0.29, 0.717) is 0 Å². The minimum Gasteiger partial charge on any atom is -0.300 e. The van der Waals surface area contributed by atoms with E-state index in [1.165, 1.54) is 58.0 Å². The largest absolute Gasteiger partial charge is 0.300 e. The molecule has 0 spiro atoms. The molecule has 1 aliphatic heterocycles. The highest BCUT2D eigenvalue weighted by Gasteiger charge is 2.24. The third-order valence-electron chi connectivity index (χ3n) is 4.25. The Hall–Kier alpha value is 0.440. The van der Waals surface area contributed by atoms with Gasteiger partial charge in [0.05, 0.1) is 0 Å². The van der Waals surface area contributed by atoms with E-state index in [4.69, 9.17) is 0 Å². The number of alkyl halides is 1. The Morgan fingerprint density at radius 1 is 1.13 bits per heavy atom. The van der Waals surface area contributed by atoms with E-state index >= 15 is 0 Å². The topological polar surface area (TPSA) is 3.24 Å². The first-order valence-corrected chi connectivity index (χ1v) is 7.55. The molecule has 0 aromatic heterocycles. The number of hydrogen-bond acceptors (Lipinski definition) is 1. The van der Waals surface area contributed by atoms with Crippen molar-refractivity contribution in [2.24, 2.45) is 5.92 Å². The van der Waals surface area contributed by atoms with Crippen molar-refractivity contribution < 1.29 is 0 Å². The minimum atomic E-state index is 0.747. The lowest BCUT2D eigenvalue weighted by Crippen LogP contribution is -2.42. The van der Waals surface area contributed by atoms with Crippen molar-refractivity contribution in [2.45, 2.75) is 62.7 Å². The number of halogens is 1. The van der Waals surface area contributed by atoms with Gasteiger partial charge in [-0.15, -0.1) is 0 Å². The Balaban J connectivity index is 1.72. The summed E-state index contributed by atoms with van der Waals surface area (Å²) in [5.41, 5.74) is 0. The fourth-order valence-corrected chi connectivity index (χ4v) is 3.73. The van der Waals surface area contributed by atoms with E-state index in [-0.39, 0.29) is 0 Å². The van der Waals surface area contributed by atoms with Crippen LogP contribution in [0.25, 0.3) is 0 Å². The first-order valence-electron chi connectivity index (χ1n) is 6.64. The summed E-state index contributed by atoms with van der Waals surface area (Å²) in [6, 6.07) is 0.820. The molecule has 2 rings (SSSR count). The van der Waals surface area contributed by atoms with Crippen LogP contribution in [0.4, 0.5) is 0 Å². The van der Waals surface area contributed by atoms with Crippen LogP contribution in [0.15, 0.2) is 0 Å². The predicted octanol–water partition coefficient (Wildman–Crippen LogP) is 3.81. The molecule has 0 amide bonds. The maximum atomic E-state index is 3.77. The van der Waals surface area contributed by atoms with Crippen LogP contribution in [0, 0.1) is 5.92 Å². The minimum absolute atomic E-state index is 0.747. The van der Waals surface area contributed by atoms with Gasteiger partial charge >= 0.3 is 0 Å². The van der Waals surface area contributed by atoms with Crippen molar-refractivity contribution in [3.05, 3.63) is 0 Å². The molecule has 1 aliphatic carbocycles. The van der Waals surface area contributed by atoms with Crippen molar-refractivity contribution >= 4 is 15.9 Å². The molecule has 0 bridgehead atoms. The zero-order valence-electron chi connectivity index (χ0n) is 9.92. The van der Waals surface area contributed by atoms with Gasteiger partial charge in [-0.25, -0.2) is 0 Å². The lowest BCUT2D eigenvalue weighted by Gasteiger charge is -2.36. The van der Waals surface area contributed by atoms with Gasteiger partial charge in [0.1, 0.15) is 0 Å². The molecule has 0 radical (unpaired) electrons. The number of nitrogens with zero attached hydrogens (tertiary/aromatic N) is 1. The number of hydrogen-bond donors (Lipinski definition) is 0. The molecule has 2 heteroatoms. The van der Waals surface area contributed by atoms with Crippen LogP contribution in [0.3, 0.4) is 0 Å². The predicted molar refractivity (Wildman–Crippen MR) is 69.6 cm³/mol. The summed E-state index contributed by atoms with van der Waals surface area (Å²) in [7, 11) is 0. The number of piperidine rings is 1. The van der Waals surface area contributed by atoms with Crippen molar-refractivity contribution in [3.63, 3.8) is 0 Å². The zero-order chi connectivity index (χ0) is 10.7. The quantitative estimate of drug-likeness (QED) is 0.707. The van der Waals surface area contributed by atoms with Crippen LogP contribution in [0.5, 0.6) is 0 Å². The summed E-state index contributed by atoms with van der Waals surface area (Å²) >= 11 is 3.77. The van der Waals surface area contributed by atoms with Crippen molar-refractivity contribution in [1.82, 2.24) is 4.90 Å². The Morgan fingerprint density at radius 2 is 1.87 bits per heavy atom. The van der Waals surface area contributed by atoms with Gasteiger partial charge in [-0.05, 0) is 38.6 Å². The van der Waals surface area contributed by atoms with E-state index in [1.807, 2.05) is 0 Å². The maximum absolute atomic E-state index is 3.77. The molecule has 1 saturated heterocycles. The Morgan fingerprint density at radius 3 is 2.60 bits per heavy atom. The molecule has 0 aromatic carbocycles. The Labute approximate surface area is 103 Å². The first-order chi connectivity index (χ1) is 7.25. The molecule has 2 atom stereocenters. The van der Waals surface area contributed by atoms with Gasteiger partial charge < -0.3 is 0 Å². The van der Waals surface area contributed by atoms with Crippen LogP contribution in [0.2, 0.25) is 0 Å². The standard InChI is InChI=1S/C13H24BrN/c1-11-6-7-13(14)10-15(11)9-8-12-4-2-3-5-12/h11-13H,2-10H2,1H3.